The Bertz CT molecular complexity index is 819. The van der Waals surface area contributed by atoms with Crippen LogP contribution in [0.15, 0.2) is 23.3 Å². The molecule has 0 bridgehead atoms. The van der Waals surface area contributed by atoms with Gasteiger partial charge in [0.15, 0.2) is 0 Å². The standard InChI is InChI=1S/C20H29N7S/c21-11-16(13-23-15-7-4-9-22-12-15)25-20-26-17-8-10-28-18(17)19(27-20)24-14-5-2-1-3-6-14/h8,10-11,13-15,21-23H,1-7,9,12H2,(H2,24,25,26,27)/b16-13+,21-11?. The fourth-order valence-corrected chi connectivity index (χ4v) is 4.69. The van der Waals surface area contributed by atoms with Gasteiger partial charge >= 0.3 is 0 Å². The smallest absolute Gasteiger partial charge is 0.229 e. The van der Waals surface area contributed by atoms with Gasteiger partial charge in [0.2, 0.25) is 5.95 Å². The van der Waals surface area contributed by atoms with Gasteiger partial charge in [0.1, 0.15) is 5.82 Å². The van der Waals surface area contributed by atoms with E-state index in [2.05, 4.69) is 31.6 Å². The highest BCUT2D eigenvalue weighted by Gasteiger charge is 2.17. The second-order valence-corrected chi connectivity index (χ2v) is 8.51. The zero-order chi connectivity index (χ0) is 19.2. The monoisotopic (exact) mass is 399 g/mol. The number of hydrogen-bond donors (Lipinski definition) is 5. The lowest BCUT2D eigenvalue weighted by Crippen LogP contribution is -2.41. The van der Waals surface area contributed by atoms with Gasteiger partial charge in [-0.2, -0.15) is 4.98 Å². The summed E-state index contributed by atoms with van der Waals surface area (Å²) in [6.45, 7) is 2.04. The number of piperidine rings is 1. The Morgan fingerprint density at radius 3 is 2.79 bits per heavy atom. The first-order valence-electron chi connectivity index (χ1n) is 10.3. The number of hydrogen-bond acceptors (Lipinski definition) is 8. The average molecular weight is 400 g/mol. The molecule has 4 rings (SSSR count). The summed E-state index contributed by atoms with van der Waals surface area (Å²) in [5.41, 5.74) is 1.60. The first-order valence-corrected chi connectivity index (χ1v) is 11.2. The maximum Gasteiger partial charge on any atom is 0.229 e. The van der Waals surface area contributed by atoms with E-state index in [1.54, 1.807) is 11.3 Å². The van der Waals surface area contributed by atoms with Crippen LogP contribution >= 0.6 is 11.3 Å². The molecule has 2 aromatic heterocycles. The number of allylic oxidation sites excluding steroid dienone is 1. The summed E-state index contributed by atoms with van der Waals surface area (Å²) in [7, 11) is 0. The molecule has 2 aromatic rings. The highest BCUT2D eigenvalue weighted by Crippen LogP contribution is 2.30. The van der Waals surface area contributed by atoms with Crippen molar-refractivity contribution in [2.45, 2.75) is 57.0 Å². The van der Waals surface area contributed by atoms with E-state index in [1.807, 2.05) is 12.3 Å². The largest absolute Gasteiger partial charge is 0.385 e. The second kappa shape index (κ2) is 9.34. The van der Waals surface area contributed by atoms with E-state index in [0.717, 1.165) is 35.5 Å². The van der Waals surface area contributed by atoms with Crippen molar-refractivity contribution in [3.63, 3.8) is 0 Å². The number of aromatic nitrogens is 2. The molecule has 1 aliphatic carbocycles. The Morgan fingerprint density at radius 2 is 2.00 bits per heavy atom. The van der Waals surface area contributed by atoms with E-state index < -0.39 is 0 Å². The number of nitrogens with zero attached hydrogens (tertiary/aromatic N) is 2. The zero-order valence-electron chi connectivity index (χ0n) is 16.1. The third-order valence-electron chi connectivity index (χ3n) is 5.43. The SMILES string of the molecule is N=C/C(=C\NC1CCCNC1)Nc1nc(NC2CCCCC2)c2sccc2n1. The van der Waals surface area contributed by atoms with Crippen molar-refractivity contribution in [3.8, 4) is 0 Å². The fourth-order valence-electron chi connectivity index (χ4n) is 3.90. The van der Waals surface area contributed by atoms with Crippen molar-refractivity contribution in [2.24, 2.45) is 0 Å². The lowest BCUT2D eigenvalue weighted by molar-refractivity contribution is 0.422. The van der Waals surface area contributed by atoms with E-state index >= 15 is 0 Å². The normalized spacial score (nSPS) is 21.4. The average Bonchev–Trinajstić information content (AvgIpc) is 3.21. The number of rotatable bonds is 7. The van der Waals surface area contributed by atoms with Crippen molar-refractivity contribution in [1.82, 2.24) is 20.6 Å². The first-order chi connectivity index (χ1) is 13.8. The van der Waals surface area contributed by atoms with Crippen LogP contribution in [0, 0.1) is 5.41 Å². The van der Waals surface area contributed by atoms with Crippen LogP contribution < -0.4 is 21.3 Å². The molecule has 5 N–H and O–H groups in total. The molecule has 3 heterocycles. The summed E-state index contributed by atoms with van der Waals surface area (Å²) in [5, 5.41) is 23.4. The molecule has 150 valence electrons. The van der Waals surface area contributed by atoms with Gasteiger partial charge in [0, 0.05) is 31.0 Å². The van der Waals surface area contributed by atoms with Crippen LogP contribution in [0.2, 0.25) is 0 Å². The molecule has 0 spiro atoms. The summed E-state index contributed by atoms with van der Waals surface area (Å²) in [6.07, 6.45) is 11.8. The van der Waals surface area contributed by atoms with Gasteiger partial charge in [-0.05, 0) is 43.7 Å². The molecule has 0 amide bonds. The van der Waals surface area contributed by atoms with Crippen molar-refractivity contribution >= 4 is 39.5 Å². The molecule has 2 fully saturated rings. The topological polar surface area (TPSA) is 97.8 Å². The Hall–Kier alpha value is -2.19. The van der Waals surface area contributed by atoms with Gasteiger partial charge in [-0.1, -0.05) is 19.3 Å². The van der Waals surface area contributed by atoms with Crippen LogP contribution in [-0.2, 0) is 0 Å². The number of fused-ring (bicyclic) bond motifs is 1. The molecule has 0 aromatic carbocycles. The zero-order valence-corrected chi connectivity index (χ0v) is 16.9. The van der Waals surface area contributed by atoms with Crippen molar-refractivity contribution in [1.29, 1.82) is 5.41 Å². The predicted octanol–water partition coefficient (Wildman–Crippen LogP) is 3.68. The maximum absolute atomic E-state index is 7.74. The number of nitrogens with one attached hydrogen (secondary N) is 5. The number of thiophene rings is 1. The highest BCUT2D eigenvalue weighted by molar-refractivity contribution is 7.17. The van der Waals surface area contributed by atoms with Crippen molar-refractivity contribution in [3.05, 3.63) is 23.3 Å². The van der Waals surface area contributed by atoms with E-state index in [4.69, 9.17) is 10.4 Å². The summed E-state index contributed by atoms with van der Waals surface area (Å²) in [6, 6.07) is 2.91. The molecule has 7 nitrogen and oxygen atoms in total. The Labute approximate surface area is 169 Å². The molecule has 1 unspecified atom stereocenters. The van der Waals surface area contributed by atoms with Crippen LogP contribution in [0.1, 0.15) is 44.9 Å². The van der Waals surface area contributed by atoms with Gasteiger partial charge in [-0.25, -0.2) is 4.98 Å². The second-order valence-electron chi connectivity index (χ2n) is 7.59. The third-order valence-corrected chi connectivity index (χ3v) is 6.34. The van der Waals surface area contributed by atoms with Gasteiger partial charge in [-0.3, -0.25) is 0 Å². The van der Waals surface area contributed by atoms with Crippen LogP contribution in [0.25, 0.3) is 10.2 Å². The van der Waals surface area contributed by atoms with Crippen LogP contribution in [0.3, 0.4) is 0 Å². The quantitative estimate of drug-likeness (QED) is 0.456. The Kier molecular flexibility index (Phi) is 6.38. The minimum Gasteiger partial charge on any atom is -0.385 e. The van der Waals surface area contributed by atoms with Crippen LogP contribution in [0.5, 0.6) is 0 Å². The summed E-state index contributed by atoms with van der Waals surface area (Å²) in [4.78, 5) is 9.38. The molecular formula is C20H29N7S. The van der Waals surface area contributed by atoms with Gasteiger partial charge in [0.05, 0.1) is 15.9 Å². The van der Waals surface area contributed by atoms with E-state index in [-0.39, 0.29) is 0 Å². The van der Waals surface area contributed by atoms with E-state index in [1.165, 1.54) is 44.7 Å². The lowest BCUT2D eigenvalue weighted by Gasteiger charge is -2.24. The maximum atomic E-state index is 7.74. The molecule has 1 saturated carbocycles. The van der Waals surface area contributed by atoms with Crippen LogP contribution in [0.4, 0.5) is 11.8 Å². The van der Waals surface area contributed by atoms with E-state index in [0.29, 0.717) is 23.7 Å². The molecular weight excluding hydrogens is 370 g/mol. The molecule has 0 radical (unpaired) electrons. The Morgan fingerprint density at radius 1 is 1.14 bits per heavy atom. The highest BCUT2D eigenvalue weighted by atomic mass is 32.1. The molecule has 28 heavy (non-hydrogen) atoms. The van der Waals surface area contributed by atoms with Gasteiger partial charge in [-0.15, -0.1) is 11.3 Å². The van der Waals surface area contributed by atoms with E-state index in [9.17, 15) is 0 Å². The van der Waals surface area contributed by atoms with Crippen molar-refractivity contribution < 1.29 is 0 Å². The van der Waals surface area contributed by atoms with Crippen molar-refractivity contribution in [2.75, 3.05) is 23.7 Å². The predicted molar refractivity (Wildman–Crippen MR) is 117 cm³/mol. The lowest BCUT2D eigenvalue weighted by atomic mass is 9.95. The molecule has 2 aliphatic rings. The fraction of sp³-hybridized carbons (Fsp3) is 0.550. The molecule has 1 saturated heterocycles. The minimum absolute atomic E-state index is 0.398. The first kappa shape index (κ1) is 19.1. The third kappa shape index (κ3) is 4.80. The molecule has 1 atom stereocenters. The summed E-state index contributed by atoms with van der Waals surface area (Å²) >= 11 is 1.67. The molecule has 8 heteroatoms. The molecule has 1 aliphatic heterocycles. The minimum atomic E-state index is 0.398. The Balaban J connectivity index is 1.49. The number of anilines is 2. The van der Waals surface area contributed by atoms with Crippen LogP contribution in [-0.4, -0.2) is 41.4 Å². The summed E-state index contributed by atoms with van der Waals surface area (Å²) in [5.74, 6) is 1.44. The van der Waals surface area contributed by atoms with Gasteiger partial charge < -0.3 is 26.7 Å². The van der Waals surface area contributed by atoms with Gasteiger partial charge in [0.25, 0.3) is 0 Å². The summed E-state index contributed by atoms with van der Waals surface area (Å²) < 4.78 is 1.10.